The third kappa shape index (κ3) is 8.55. The van der Waals surface area contributed by atoms with Gasteiger partial charge in [-0.3, -0.25) is 29.3 Å². The van der Waals surface area contributed by atoms with Gasteiger partial charge in [-0.15, -0.1) is 0 Å². The van der Waals surface area contributed by atoms with Crippen molar-refractivity contribution in [2.75, 3.05) is 50.8 Å². The van der Waals surface area contributed by atoms with Gasteiger partial charge in [-0.2, -0.15) is 0 Å². The lowest BCUT2D eigenvalue weighted by Gasteiger charge is -2.36. The molecule has 240 valence electrons. The summed E-state index contributed by atoms with van der Waals surface area (Å²) in [4.78, 5) is 51.1. The van der Waals surface area contributed by atoms with Crippen molar-refractivity contribution in [3.05, 3.63) is 59.9 Å². The first kappa shape index (κ1) is 33.4. The Bertz CT molecular complexity index is 1270. The lowest BCUT2D eigenvalue weighted by Crippen LogP contribution is -2.53. The van der Waals surface area contributed by atoms with Crippen LogP contribution < -0.4 is 10.2 Å². The van der Waals surface area contributed by atoms with Crippen molar-refractivity contribution in [1.29, 1.82) is 0 Å². The van der Waals surface area contributed by atoms with Crippen LogP contribution >= 0.6 is 0 Å². The summed E-state index contributed by atoms with van der Waals surface area (Å²) in [5.74, 6) is -0.866. The molecule has 2 saturated heterocycles. The maximum Gasteiger partial charge on any atom is 0.411 e. The molecule has 0 saturated carbocycles. The van der Waals surface area contributed by atoms with Crippen LogP contribution in [0, 0.1) is 0 Å². The van der Waals surface area contributed by atoms with Gasteiger partial charge >= 0.3 is 6.09 Å². The number of morpholine rings is 1. The largest absolute Gasteiger partial charge is 0.444 e. The molecule has 4 rings (SSSR count). The molecule has 3 atom stereocenters. The average molecular weight is 610 g/mol. The Morgan fingerprint density at radius 1 is 1.09 bits per heavy atom. The molecule has 1 aromatic heterocycles. The van der Waals surface area contributed by atoms with Gasteiger partial charge in [0, 0.05) is 56.2 Å². The highest BCUT2D eigenvalue weighted by atomic mass is 16.6. The maximum absolute atomic E-state index is 14.6. The number of pyridine rings is 1. The van der Waals surface area contributed by atoms with Crippen LogP contribution in [-0.2, 0) is 24.5 Å². The molecule has 2 aliphatic rings. The Balaban J connectivity index is 1.72. The smallest absolute Gasteiger partial charge is 0.411 e. The standard InChI is InChI=1S/C33H47N5O6/c1-32(2,3)24-9-11-25(12-10-24)38(30(41)27-20-26(39)22-37(27)31(42)44-33(4,5)6)28(23-8-7-13-34-21-23)29(40)35-14-15-36-16-18-43-19-17-36/h7-13,21,26-28,39H,14-20,22H2,1-6H3,(H,35,40)/t26-,27-,28?/m1/s1. The first-order valence-electron chi connectivity index (χ1n) is 15.3. The predicted molar refractivity (Wildman–Crippen MR) is 167 cm³/mol. The van der Waals surface area contributed by atoms with Gasteiger partial charge in [-0.1, -0.05) is 39.0 Å². The van der Waals surface area contributed by atoms with E-state index in [0.29, 0.717) is 37.6 Å². The summed E-state index contributed by atoms with van der Waals surface area (Å²) < 4.78 is 11.0. The summed E-state index contributed by atoms with van der Waals surface area (Å²) >= 11 is 0. The quantitative estimate of drug-likeness (QED) is 0.468. The fourth-order valence-corrected chi connectivity index (χ4v) is 5.47. The number of aliphatic hydroxyl groups excluding tert-OH is 1. The first-order chi connectivity index (χ1) is 20.7. The number of carbonyl (C=O) groups is 3. The molecule has 0 radical (unpaired) electrons. The molecule has 0 bridgehead atoms. The molecule has 1 aromatic carbocycles. The first-order valence-corrected chi connectivity index (χ1v) is 15.3. The number of benzene rings is 1. The van der Waals surface area contributed by atoms with Crippen LogP contribution in [0.25, 0.3) is 0 Å². The summed E-state index contributed by atoms with van der Waals surface area (Å²) in [6.07, 6.45) is 1.60. The van der Waals surface area contributed by atoms with E-state index in [1.54, 1.807) is 45.3 Å². The zero-order valence-electron chi connectivity index (χ0n) is 26.8. The highest BCUT2D eigenvalue weighted by Crippen LogP contribution is 2.34. The van der Waals surface area contributed by atoms with E-state index < -0.39 is 35.8 Å². The van der Waals surface area contributed by atoms with Crippen molar-refractivity contribution in [1.82, 2.24) is 20.1 Å². The molecule has 0 spiro atoms. The molecule has 2 aliphatic heterocycles. The monoisotopic (exact) mass is 609 g/mol. The lowest BCUT2D eigenvalue weighted by molar-refractivity contribution is -0.128. The van der Waals surface area contributed by atoms with Crippen LogP contribution in [-0.4, -0.2) is 101 Å². The average Bonchev–Trinajstić information content (AvgIpc) is 3.37. The van der Waals surface area contributed by atoms with Gasteiger partial charge in [0.05, 0.1) is 25.9 Å². The van der Waals surface area contributed by atoms with E-state index in [0.717, 1.165) is 18.7 Å². The highest BCUT2D eigenvalue weighted by molar-refractivity contribution is 6.04. The SMILES string of the molecule is CC(C)(C)OC(=O)N1C[C@H](O)C[C@@H]1C(=O)N(c1ccc(C(C)(C)C)cc1)C(C(=O)NCCN1CCOCC1)c1cccnc1. The van der Waals surface area contributed by atoms with Gasteiger partial charge in [0.2, 0.25) is 5.91 Å². The summed E-state index contributed by atoms with van der Waals surface area (Å²) in [6.45, 7) is 15.4. The zero-order valence-corrected chi connectivity index (χ0v) is 26.8. The van der Waals surface area contributed by atoms with Crippen LogP contribution in [0.1, 0.15) is 65.1 Å². The van der Waals surface area contributed by atoms with Crippen molar-refractivity contribution in [3.8, 4) is 0 Å². The second-order valence-corrected chi connectivity index (χ2v) is 13.5. The number of hydrogen-bond donors (Lipinski definition) is 2. The van der Waals surface area contributed by atoms with Gasteiger partial charge in [-0.05, 0) is 49.9 Å². The molecular weight excluding hydrogens is 562 g/mol. The number of carbonyl (C=O) groups excluding carboxylic acids is 3. The van der Waals surface area contributed by atoms with Gasteiger partial charge < -0.3 is 19.9 Å². The van der Waals surface area contributed by atoms with Crippen LogP contribution in [0.15, 0.2) is 48.8 Å². The molecule has 2 aromatic rings. The number of likely N-dealkylation sites (tertiary alicyclic amines) is 1. The van der Waals surface area contributed by atoms with Crippen LogP contribution in [0.4, 0.5) is 10.5 Å². The molecule has 44 heavy (non-hydrogen) atoms. The minimum Gasteiger partial charge on any atom is -0.444 e. The summed E-state index contributed by atoms with van der Waals surface area (Å²) in [5.41, 5.74) is 1.15. The molecule has 1 unspecified atom stereocenters. The van der Waals surface area contributed by atoms with Gasteiger partial charge in [-0.25, -0.2) is 4.79 Å². The van der Waals surface area contributed by atoms with Crippen molar-refractivity contribution < 1.29 is 29.0 Å². The van der Waals surface area contributed by atoms with Crippen LogP contribution in [0.5, 0.6) is 0 Å². The molecule has 2 fully saturated rings. The molecule has 11 heteroatoms. The van der Waals surface area contributed by atoms with E-state index in [-0.39, 0.29) is 24.3 Å². The van der Waals surface area contributed by atoms with E-state index in [2.05, 4.69) is 36.0 Å². The molecular formula is C33H47N5O6. The Morgan fingerprint density at radius 3 is 2.36 bits per heavy atom. The molecule has 11 nitrogen and oxygen atoms in total. The number of aliphatic hydroxyl groups is 1. The zero-order chi connectivity index (χ0) is 32.1. The number of amides is 3. The van der Waals surface area contributed by atoms with Gasteiger partial charge in [0.15, 0.2) is 0 Å². The third-order valence-corrected chi connectivity index (χ3v) is 7.78. The topological polar surface area (TPSA) is 125 Å². The maximum atomic E-state index is 14.6. The number of anilines is 1. The number of aromatic nitrogens is 1. The van der Waals surface area contributed by atoms with Crippen LogP contribution in [0.3, 0.4) is 0 Å². The fourth-order valence-electron chi connectivity index (χ4n) is 5.47. The summed E-state index contributed by atoms with van der Waals surface area (Å²) in [6, 6.07) is 8.90. The summed E-state index contributed by atoms with van der Waals surface area (Å²) in [5, 5.41) is 13.7. The molecule has 0 aliphatic carbocycles. The van der Waals surface area contributed by atoms with E-state index in [1.165, 1.54) is 9.80 Å². The predicted octanol–water partition coefficient (Wildman–Crippen LogP) is 3.27. The number of rotatable bonds is 8. The van der Waals surface area contributed by atoms with E-state index in [4.69, 9.17) is 9.47 Å². The number of nitrogens with one attached hydrogen (secondary N) is 1. The second-order valence-electron chi connectivity index (χ2n) is 13.5. The van der Waals surface area contributed by atoms with Gasteiger partial charge in [0.25, 0.3) is 5.91 Å². The lowest BCUT2D eigenvalue weighted by atomic mass is 9.87. The Morgan fingerprint density at radius 2 is 1.77 bits per heavy atom. The van der Waals surface area contributed by atoms with Crippen molar-refractivity contribution in [2.24, 2.45) is 0 Å². The second kappa shape index (κ2) is 14.0. The van der Waals surface area contributed by atoms with Crippen LogP contribution in [0.2, 0.25) is 0 Å². The number of ether oxygens (including phenoxy) is 2. The highest BCUT2D eigenvalue weighted by Gasteiger charge is 2.45. The minimum absolute atomic E-state index is 0.0209. The molecule has 2 N–H and O–H groups in total. The Hall–Kier alpha value is -3.54. The van der Waals surface area contributed by atoms with E-state index >= 15 is 0 Å². The number of β-amino-alcohol motifs (C(OH)–C–C–N with tert-alkyl or cyclic N) is 1. The number of nitrogens with zero attached hydrogens (tertiary/aromatic N) is 4. The Labute approximate surface area is 260 Å². The number of hydrogen-bond acceptors (Lipinski definition) is 8. The van der Waals surface area contributed by atoms with E-state index in [1.807, 2.05) is 24.3 Å². The van der Waals surface area contributed by atoms with E-state index in [9.17, 15) is 19.5 Å². The minimum atomic E-state index is -1.08. The van der Waals surface area contributed by atoms with Crippen molar-refractivity contribution in [2.45, 2.75) is 77.2 Å². The summed E-state index contributed by atoms with van der Waals surface area (Å²) in [7, 11) is 0. The van der Waals surface area contributed by atoms with Gasteiger partial charge in [0.1, 0.15) is 17.7 Å². The molecule has 3 heterocycles. The third-order valence-electron chi connectivity index (χ3n) is 7.78. The Kier molecular flexibility index (Phi) is 10.6. The van der Waals surface area contributed by atoms with Crippen molar-refractivity contribution >= 4 is 23.6 Å². The molecule has 3 amide bonds. The normalized spacial score (nSPS) is 20.2. The fraction of sp³-hybridized carbons (Fsp3) is 0.576. The van der Waals surface area contributed by atoms with Crippen molar-refractivity contribution in [3.63, 3.8) is 0 Å².